The lowest BCUT2D eigenvalue weighted by Crippen LogP contribution is -1.90. The Hall–Kier alpha value is -0.910. The molecule has 3 nitrogen and oxygen atoms in total. The topological polar surface area (TPSA) is 43.1 Å². The number of ketones is 1. The van der Waals surface area contributed by atoms with E-state index in [1.807, 2.05) is 12.1 Å². The Bertz CT molecular complexity index is 475. The molecule has 66 valence electrons. The van der Waals surface area contributed by atoms with Gasteiger partial charge in [0.25, 0.3) is 5.89 Å². The molecule has 2 aromatic rings. The molecule has 0 N–H and O–H groups in total. The summed E-state index contributed by atoms with van der Waals surface area (Å²) in [6.45, 7) is 1.44. The Labute approximate surface area is 88.3 Å². The Balaban J connectivity index is 2.75. The second-order valence-electron chi connectivity index (χ2n) is 2.66. The van der Waals surface area contributed by atoms with Crippen molar-refractivity contribution in [1.29, 1.82) is 0 Å². The molecule has 0 atom stereocenters. The second kappa shape index (κ2) is 3.10. The van der Waals surface area contributed by atoms with Gasteiger partial charge in [0.05, 0.1) is 0 Å². The summed E-state index contributed by atoms with van der Waals surface area (Å²) < 4.78 is 6.24. The summed E-state index contributed by atoms with van der Waals surface area (Å²) in [5, 5.41) is 0. The van der Waals surface area contributed by atoms with Gasteiger partial charge in [0.2, 0.25) is 5.78 Å². The average molecular weight is 287 g/mol. The molecular formula is C9H6INO2. The molecule has 0 unspecified atom stereocenters. The molecule has 0 bridgehead atoms. The van der Waals surface area contributed by atoms with Crippen LogP contribution in [0.2, 0.25) is 0 Å². The smallest absolute Gasteiger partial charge is 0.263 e. The van der Waals surface area contributed by atoms with Crippen molar-refractivity contribution in [2.75, 3.05) is 0 Å². The quantitative estimate of drug-likeness (QED) is 0.598. The van der Waals surface area contributed by atoms with Gasteiger partial charge in [0.1, 0.15) is 5.52 Å². The third kappa shape index (κ3) is 1.46. The van der Waals surface area contributed by atoms with Crippen LogP contribution in [0.5, 0.6) is 0 Å². The van der Waals surface area contributed by atoms with Gasteiger partial charge in [0.15, 0.2) is 5.58 Å². The first-order chi connectivity index (χ1) is 6.18. The molecule has 13 heavy (non-hydrogen) atoms. The van der Waals surface area contributed by atoms with Crippen LogP contribution in [0.3, 0.4) is 0 Å². The number of nitrogens with zero attached hydrogens (tertiary/aromatic N) is 1. The SMILES string of the molecule is CC(=O)c1nc2c(I)cccc2o1. The molecule has 1 aromatic heterocycles. The molecule has 0 aliphatic rings. The number of carbonyl (C=O) groups excluding carboxylic acids is 1. The lowest BCUT2D eigenvalue weighted by molar-refractivity contribution is 0.0983. The van der Waals surface area contributed by atoms with Crippen molar-refractivity contribution in [3.8, 4) is 0 Å². The number of benzene rings is 1. The van der Waals surface area contributed by atoms with Gasteiger partial charge < -0.3 is 4.42 Å². The largest absolute Gasteiger partial charge is 0.434 e. The molecule has 0 aliphatic heterocycles. The Morgan fingerprint density at radius 2 is 2.31 bits per heavy atom. The standard InChI is InChI=1S/C9H6INO2/c1-5(12)9-11-8-6(10)3-2-4-7(8)13-9/h2-4H,1H3. The maximum absolute atomic E-state index is 11.0. The van der Waals surface area contributed by atoms with Crippen LogP contribution in [0.4, 0.5) is 0 Å². The summed E-state index contributed by atoms with van der Waals surface area (Å²) in [6.07, 6.45) is 0. The molecule has 0 radical (unpaired) electrons. The highest BCUT2D eigenvalue weighted by atomic mass is 127. The fourth-order valence-electron chi connectivity index (χ4n) is 1.07. The van der Waals surface area contributed by atoms with Gasteiger partial charge in [-0.1, -0.05) is 6.07 Å². The van der Waals surface area contributed by atoms with E-state index in [1.54, 1.807) is 6.07 Å². The van der Waals surface area contributed by atoms with Gasteiger partial charge in [-0.15, -0.1) is 0 Å². The van der Waals surface area contributed by atoms with Gasteiger partial charge >= 0.3 is 0 Å². The number of hydrogen-bond donors (Lipinski definition) is 0. The first-order valence-corrected chi connectivity index (χ1v) is 4.82. The minimum absolute atomic E-state index is 0.146. The zero-order valence-corrected chi connectivity index (χ0v) is 9.03. The molecule has 0 saturated carbocycles. The van der Waals surface area contributed by atoms with Gasteiger partial charge in [-0.25, -0.2) is 4.98 Å². The molecule has 4 heteroatoms. The Kier molecular flexibility index (Phi) is 2.07. The monoisotopic (exact) mass is 287 g/mol. The molecular weight excluding hydrogens is 281 g/mol. The van der Waals surface area contributed by atoms with Crippen LogP contribution in [0, 0.1) is 3.57 Å². The van der Waals surface area contributed by atoms with E-state index in [2.05, 4.69) is 27.6 Å². The number of halogens is 1. The second-order valence-corrected chi connectivity index (χ2v) is 3.82. The maximum atomic E-state index is 11.0. The summed E-state index contributed by atoms with van der Waals surface area (Å²) in [4.78, 5) is 15.1. The number of carbonyl (C=O) groups is 1. The fourth-order valence-corrected chi connectivity index (χ4v) is 1.66. The van der Waals surface area contributed by atoms with Crippen molar-refractivity contribution in [3.05, 3.63) is 27.7 Å². The van der Waals surface area contributed by atoms with Crippen molar-refractivity contribution in [1.82, 2.24) is 4.98 Å². The molecule has 1 aromatic carbocycles. The maximum Gasteiger partial charge on any atom is 0.263 e. The normalized spacial score (nSPS) is 10.6. The predicted octanol–water partition coefficient (Wildman–Crippen LogP) is 2.64. The number of para-hydroxylation sites is 1. The summed E-state index contributed by atoms with van der Waals surface area (Å²) in [5.74, 6) is 0.0334. The van der Waals surface area contributed by atoms with Gasteiger partial charge in [0, 0.05) is 10.5 Å². The minimum Gasteiger partial charge on any atom is -0.434 e. The van der Waals surface area contributed by atoms with Crippen LogP contribution in [0.25, 0.3) is 11.1 Å². The fraction of sp³-hybridized carbons (Fsp3) is 0.111. The third-order valence-corrected chi connectivity index (χ3v) is 2.54. The third-order valence-electron chi connectivity index (χ3n) is 1.67. The number of rotatable bonds is 1. The first-order valence-electron chi connectivity index (χ1n) is 3.74. The van der Waals surface area contributed by atoms with Gasteiger partial charge in [-0.3, -0.25) is 4.79 Å². The minimum atomic E-state index is -0.146. The molecule has 0 saturated heterocycles. The number of hydrogen-bond acceptors (Lipinski definition) is 3. The van der Waals surface area contributed by atoms with Crippen molar-refractivity contribution in [2.24, 2.45) is 0 Å². The first kappa shape index (κ1) is 8.68. The highest BCUT2D eigenvalue weighted by Crippen LogP contribution is 2.20. The summed E-state index contributed by atoms with van der Waals surface area (Å²) in [5.41, 5.74) is 1.42. The van der Waals surface area contributed by atoms with E-state index in [4.69, 9.17) is 4.42 Å². The lowest BCUT2D eigenvalue weighted by Gasteiger charge is -1.86. The van der Waals surface area contributed by atoms with Crippen LogP contribution in [-0.4, -0.2) is 10.8 Å². The number of aromatic nitrogens is 1. The molecule has 0 aliphatic carbocycles. The molecule has 1 heterocycles. The number of Topliss-reactive ketones (excluding diaryl/α,β-unsaturated/α-hetero) is 1. The zero-order valence-electron chi connectivity index (χ0n) is 6.87. The van der Waals surface area contributed by atoms with Crippen LogP contribution < -0.4 is 0 Å². The zero-order chi connectivity index (χ0) is 9.42. The Morgan fingerprint density at radius 3 is 2.92 bits per heavy atom. The highest BCUT2D eigenvalue weighted by Gasteiger charge is 2.10. The van der Waals surface area contributed by atoms with E-state index < -0.39 is 0 Å². The molecule has 0 spiro atoms. The molecule has 2 rings (SSSR count). The van der Waals surface area contributed by atoms with E-state index in [-0.39, 0.29) is 11.7 Å². The van der Waals surface area contributed by atoms with Crippen LogP contribution in [-0.2, 0) is 0 Å². The summed E-state index contributed by atoms with van der Waals surface area (Å²) >= 11 is 2.16. The van der Waals surface area contributed by atoms with Crippen LogP contribution in [0.1, 0.15) is 17.6 Å². The van der Waals surface area contributed by atoms with E-state index in [1.165, 1.54) is 6.92 Å². The summed E-state index contributed by atoms with van der Waals surface area (Å²) in [6, 6.07) is 5.60. The Morgan fingerprint density at radius 1 is 1.54 bits per heavy atom. The molecule has 0 fully saturated rings. The highest BCUT2D eigenvalue weighted by molar-refractivity contribution is 14.1. The average Bonchev–Trinajstić information content (AvgIpc) is 2.49. The van der Waals surface area contributed by atoms with Crippen LogP contribution in [0.15, 0.2) is 22.6 Å². The van der Waals surface area contributed by atoms with Crippen LogP contribution >= 0.6 is 22.6 Å². The van der Waals surface area contributed by atoms with E-state index >= 15 is 0 Å². The van der Waals surface area contributed by atoms with Gasteiger partial charge in [-0.05, 0) is 34.7 Å². The van der Waals surface area contributed by atoms with Crippen molar-refractivity contribution in [2.45, 2.75) is 6.92 Å². The van der Waals surface area contributed by atoms with E-state index in [0.29, 0.717) is 5.58 Å². The van der Waals surface area contributed by atoms with Crippen molar-refractivity contribution in [3.63, 3.8) is 0 Å². The molecule has 0 amide bonds. The van der Waals surface area contributed by atoms with E-state index in [9.17, 15) is 4.79 Å². The summed E-state index contributed by atoms with van der Waals surface area (Å²) in [7, 11) is 0. The number of oxazole rings is 1. The predicted molar refractivity (Wildman–Crippen MR) is 56.7 cm³/mol. The lowest BCUT2D eigenvalue weighted by atomic mass is 10.3. The number of fused-ring (bicyclic) bond motifs is 1. The van der Waals surface area contributed by atoms with E-state index in [0.717, 1.165) is 9.09 Å². The van der Waals surface area contributed by atoms with Crippen molar-refractivity contribution < 1.29 is 9.21 Å². The van der Waals surface area contributed by atoms with Crippen molar-refractivity contribution >= 4 is 39.5 Å². The van der Waals surface area contributed by atoms with Gasteiger partial charge in [-0.2, -0.15) is 0 Å².